The molecule has 1 N–H and O–H groups in total. The highest BCUT2D eigenvalue weighted by atomic mass is 35.5. The van der Waals surface area contributed by atoms with Crippen molar-refractivity contribution in [3.05, 3.63) is 28.0 Å². The molecule has 0 bridgehead atoms. The zero-order chi connectivity index (χ0) is 13.9. The molecule has 1 aromatic rings. The fraction of sp³-hybridized carbons (Fsp3) is 0.400. The van der Waals surface area contributed by atoms with E-state index in [-0.39, 0.29) is 21.5 Å². The molecule has 0 heterocycles. The lowest BCUT2D eigenvalue weighted by Crippen LogP contribution is -2.33. The predicted molar refractivity (Wildman–Crippen MR) is 70.2 cm³/mol. The van der Waals surface area contributed by atoms with E-state index in [9.17, 15) is 12.8 Å². The van der Waals surface area contributed by atoms with Gasteiger partial charge in [0.05, 0.1) is 10.0 Å². The van der Waals surface area contributed by atoms with Gasteiger partial charge in [-0.15, -0.1) is 0 Å². The molecule has 8 heteroatoms. The molecule has 0 fully saturated rings. The van der Waals surface area contributed by atoms with Gasteiger partial charge in [0, 0.05) is 20.1 Å². The maximum Gasteiger partial charge on any atom is 0.245 e. The Labute approximate surface area is 116 Å². The van der Waals surface area contributed by atoms with E-state index >= 15 is 0 Å². The molecule has 0 spiro atoms. The van der Waals surface area contributed by atoms with Crippen molar-refractivity contribution in [1.29, 1.82) is 0 Å². The average molecular weight is 315 g/mol. The van der Waals surface area contributed by atoms with E-state index < -0.39 is 15.8 Å². The highest BCUT2D eigenvalue weighted by Crippen LogP contribution is 2.32. The topological polar surface area (TPSA) is 49.4 Å². The van der Waals surface area contributed by atoms with Gasteiger partial charge in [0.1, 0.15) is 10.7 Å². The number of hydrogen-bond acceptors (Lipinski definition) is 3. The summed E-state index contributed by atoms with van der Waals surface area (Å²) < 4.78 is 38.5. The number of benzene rings is 1. The predicted octanol–water partition coefficient (Wildman–Crippen LogP) is 1.97. The maximum atomic E-state index is 13.0. The van der Waals surface area contributed by atoms with Crippen molar-refractivity contribution < 1.29 is 12.8 Å². The Kier molecular flexibility index (Phi) is 5.36. The minimum absolute atomic E-state index is 0.226. The molecule has 0 aliphatic heterocycles. The van der Waals surface area contributed by atoms with Crippen LogP contribution in [0.15, 0.2) is 17.0 Å². The van der Waals surface area contributed by atoms with Gasteiger partial charge in [-0.2, -0.15) is 4.31 Å². The van der Waals surface area contributed by atoms with Gasteiger partial charge in [-0.1, -0.05) is 23.2 Å². The summed E-state index contributed by atoms with van der Waals surface area (Å²) in [5.41, 5.74) is 0. The van der Waals surface area contributed by atoms with Gasteiger partial charge in [-0.25, -0.2) is 12.8 Å². The van der Waals surface area contributed by atoms with Crippen LogP contribution in [0.2, 0.25) is 10.0 Å². The van der Waals surface area contributed by atoms with E-state index in [1.165, 1.54) is 7.05 Å². The molecule has 0 aliphatic carbocycles. The number of nitrogens with one attached hydrogen (secondary N) is 1. The Morgan fingerprint density at radius 3 is 2.28 bits per heavy atom. The molecular weight excluding hydrogens is 302 g/mol. The Morgan fingerprint density at radius 1 is 1.33 bits per heavy atom. The summed E-state index contributed by atoms with van der Waals surface area (Å²) in [6.07, 6.45) is 0. The molecule has 0 aromatic heterocycles. The molecule has 0 saturated carbocycles. The summed E-state index contributed by atoms with van der Waals surface area (Å²) >= 11 is 11.5. The molecule has 0 radical (unpaired) electrons. The Balaban J connectivity index is 3.20. The largest absolute Gasteiger partial charge is 0.318 e. The third kappa shape index (κ3) is 3.33. The standard InChI is InChI=1S/C10H13Cl2FN2O2S/c1-14-3-4-15(2)18(16,17)10-8(11)5-7(13)6-9(10)12/h5-6,14H,3-4H2,1-2H3. The molecule has 1 aromatic carbocycles. The number of hydrogen-bond donors (Lipinski definition) is 1. The molecule has 0 amide bonds. The normalized spacial score (nSPS) is 12.1. The summed E-state index contributed by atoms with van der Waals surface area (Å²) in [5, 5.41) is 2.38. The van der Waals surface area contributed by atoms with Crippen molar-refractivity contribution in [2.24, 2.45) is 0 Å². The van der Waals surface area contributed by atoms with Gasteiger partial charge < -0.3 is 5.32 Å². The third-order valence-electron chi connectivity index (χ3n) is 2.31. The Bertz CT molecular complexity index is 514. The lowest BCUT2D eigenvalue weighted by Gasteiger charge is -2.18. The van der Waals surface area contributed by atoms with Crippen molar-refractivity contribution in [2.75, 3.05) is 27.2 Å². The van der Waals surface area contributed by atoms with Crippen molar-refractivity contribution >= 4 is 33.2 Å². The number of likely N-dealkylation sites (N-methyl/N-ethyl adjacent to an activating group) is 2. The van der Waals surface area contributed by atoms with Gasteiger partial charge in [0.15, 0.2) is 0 Å². The van der Waals surface area contributed by atoms with Crippen molar-refractivity contribution in [3.63, 3.8) is 0 Å². The molecular formula is C10H13Cl2FN2O2S. The molecule has 4 nitrogen and oxygen atoms in total. The first-order chi connectivity index (χ1) is 8.30. The summed E-state index contributed by atoms with van der Waals surface area (Å²) in [5.74, 6) is -0.679. The maximum absolute atomic E-state index is 13.0. The second-order valence-electron chi connectivity index (χ2n) is 3.63. The summed E-state index contributed by atoms with van der Waals surface area (Å²) in [4.78, 5) is -0.272. The average Bonchev–Trinajstić information content (AvgIpc) is 2.23. The first-order valence-electron chi connectivity index (χ1n) is 5.06. The second-order valence-corrected chi connectivity index (χ2v) is 6.42. The molecule has 1 rings (SSSR count). The van der Waals surface area contributed by atoms with E-state index in [0.717, 1.165) is 16.4 Å². The Hall–Kier alpha value is -0.400. The van der Waals surface area contributed by atoms with Crippen molar-refractivity contribution in [1.82, 2.24) is 9.62 Å². The molecule has 18 heavy (non-hydrogen) atoms. The van der Waals surface area contributed by atoms with E-state index in [0.29, 0.717) is 6.54 Å². The zero-order valence-electron chi connectivity index (χ0n) is 9.87. The Morgan fingerprint density at radius 2 is 1.83 bits per heavy atom. The fourth-order valence-corrected chi connectivity index (χ4v) is 3.62. The SMILES string of the molecule is CNCCN(C)S(=O)(=O)c1c(Cl)cc(F)cc1Cl. The highest BCUT2D eigenvalue weighted by Gasteiger charge is 2.26. The minimum Gasteiger partial charge on any atom is -0.318 e. The third-order valence-corrected chi connectivity index (χ3v) is 5.09. The number of sulfonamides is 1. The van der Waals surface area contributed by atoms with Crippen LogP contribution in [-0.2, 0) is 10.0 Å². The summed E-state index contributed by atoms with van der Waals surface area (Å²) in [6, 6.07) is 1.85. The van der Waals surface area contributed by atoms with Crippen LogP contribution < -0.4 is 5.32 Å². The fourth-order valence-electron chi connectivity index (χ4n) is 1.32. The van der Waals surface area contributed by atoms with E-state index in [1.54, 1.807) is 7.05 Å². The molecule has 0 atom stereocenters. The molecule has 0 unspecified atom stereocenters. The zero-order valence-corrected chi connectivity index (χ0v) is 12.2. The van der Waals surface area contributed by atoms with Crippen LogP contribution in [0.25, 0.3) is 0 Å². The summed E-state index contributed by atoms with van der Waals surface area (Å²) in [6.45, 7) is 0.731. The van der Waals surface area contributed by atoms with Crippen molar-refractivity contribution in [2.45, 2.75) is 4.90 Å². The van der Waals surface area contributed by atoms with Gasteiger partial charge in [-0.05, 0) is 19.2 Å². The molecule has 0 aliphatic rings. The summed E-state index contributed by atoms with van der Waals surface area (Å²) in [7, 11) is -0.714. The van der Waals surface area contributed by atoms with Gasteiger partial charge in [0.2, 0.25) is 10.0 Å². The monoisotopic (exact) mass is 314 g/mol. The number of nitrogens with zero attached hydrogens (tertiary/aromatic N) is 1. The second kappa shape index (κ2) is 6.16. The van der Waals surface area contributed by atoms with Gasteiger partial charge in [0.25, 0.3) is 0 Å². The van der Waals surface area contributed by atoms with Crippen LogP contribution in [0.4, 0.5) is 4.39 Å². The lowest BCUT2D eigenvalue weighted by molar-refractivity contribution is 0.466. The minimum atomic E-state index is -3.83. The van der Waals surface area contributed by atoms with Crippen LogP contribution in [0.3, 0.4) is 0 Å². The van der Waals surface area contributed by atoms with Crippen LogP contribution in [0, 0.1) is 5.82 Å². The van der Waals surface area contributed by atoms with Gasteiger partial charge in [-0.3, -0.25) is 0 Å². The van der Waals surface area contributed by atoms with E-state index in [1.807, 2.05) is 0 Å². The number of rotatable bonds is 5. The van der Waals surface area contributed by atoms with E-state index in [2.05, 4.69) is 5.32 Å². The number of halogens is 3. The molecule has 0 saturated heterocycles. The van der Waals surface area contributed by atoms with Crippen LogP contribution >= 0.6 is 23.2 Å². The first-order valence-corrected chi connectivity index (χ1v) is 7.25. The van der Waals surface area contributed by atoms with Crippen LogP contribution in [-0.4, -0.2) is 39.9 Å². The van der Waals surface area contributed by atoms with Crippen LogP contribution in [0.5, 0.6) is 0 Å². The van der Waals surface area contributed by atoms with Crippen LogP contribution in [0.1, 0.15) is 0 Å². The lowest BCUT2D eigenvalue weighted by atomic mass is 10.3. The smallest absolute Gasteiger partial charge is 0.245 e. The quantitative estimate of drug-likeness (QED) is 0.904. The molecule has 102 valence electrons. The van der Waals surface area contributed by atoms with E-state index in [4.69, 9.17) is 23.2 Å². The van der Waals surface area contributed by atoms with Crippen molar-refractivity contribution in [3.8, 4) is 0 Å². The van der Waals surface area contributed by atoms with Gasteiger partial charge >= 0.3 is 0 Å². The highest BCUT2D eigenvalue weighted by molar-refractivity contribution is 7.89. The first kappa shape index (κ1) is 15.7.